The predicted molar refractivity (Wildman–Crippen MR) is 43.0 cm³/mol. The second kappa shape index (κ2) is 2.23. The second-order valence-corrected chi connectivity index (χ2v) is 2.94. The SMILES string of the molecule is CC(C)n1c(=O)[nH]c2cnoc21. The van der Waals surface area contributed by atoms with Crippen molar-refractivity contribution in [3.05, 3.63) is 16.7 Å². The molecule has 0 aliphatic carbocycles. The molecule has 0 fully saturated rings. The van der Waals surface area contributed by atoms with Crippen molar-refractivity contribution < 1.29 is 4.52 Å². The van der Waals surface area contributed by atoms with Gasteiger partial charge in [-0.25, -0.2) is 4.79 Å². The zero-order chi connectivity index (χ0) is 8.72. The fourth-order valence-electron chi connectivity index (χ4n) is 1.23. The highest BCUT2D eigenvalue weighted by Gasteiger charge is 2.12. The average Bonchev–Trinajstić information content (AvgIpc) is 2.44. The molecule has 0 spiro atoms. The van der Waals surface area contributed by atoms with Crippen molar-refractivity contribution in [2.45, 2.75) is 19.9 Å². The van der Waals surface area contributed by atoms with E-state index in [-0.39, 0.29) is 11.7 Å². The van der Waals surface area contributed by atoms with Crippen LogP contribution in [0.2, 0.25) is 0 Å². The van der Waals surface area contributed by atoms with E-state index in [0.29, 0.717) is 11.2 Å². The monoisotopic (exact) mass is 167 g/mol. The third kappa shape index (κ3) is 0.792. The Morgan fingerprint density at radius 2 is 2.42 bits per heavy atom. The maximum atomic E-state index is 11.3. The summed E-state index contributed by atoms with van der Waals surface area (Å²) in [6.07, 6.45) is 1.50. The van der Waals surface area contributed by atoms with Gasteiger partial charge in [-0.15, -0.1) is 0 Å². The molecule has 1 N–H and O–H groups in total. The zero-order valence-electron chi connectivity index (χ0n) is 6.87. The molecule has 5 nitrogen and oxygen atoms in total. The van der Waals surface area contributed by atoms with Crippen LogP contribution < -0.4 is 5.69 Å². The third-order valence-electron chi connectivity index (χ3n) is 1.75. The molecule has 0 saturated heterocycles. The first kappa shape index (κ1) is 7.15. The van der Waals surface area contributed by atoms with E-state index >= 15 is 0 Å². The molecule has 0 unspecified atom stereocenters. The van der Waals surface area contributed by atoms with Crippen molar-refractivity contribution in [3.63, 3.8) is 0 Å². The molecule has 0 aliphatic heterocycles. The minimum Gasteiger partial charge on any atom is -0.336 e. The van der Waals surface area contributed by atoms with Gasteiger partial charge in [0.1, 0.15) is 5.52 Å². The largest absolute Gasteiger partial charge is 0.336 e. The van der Waals surface area contributed by atoms with Crippen LogP contribution in [0.4, 0.5) is 0 Å². The maximum Gasteiger partial charge on any atom is 0.329 e. The molecule has 2 heterocycles. The normalized spacial score (nSPS) is 11.6. The van der Waals surface area contributed by atoms with E-state index in [1.807, 2.05) is 13.8 Å². The van der Waals surface area contributed by atoms with Crippen LogP contribution in [0.5, 0.6) is 0 Å². The highest BCUT2D eigenvalue weighted by Crippen LogP contribution is 2.12. The molecule has 0 bridgehead atoms. The molecule has 0 amide bonds. The van der Waals surface area contributed by atoms with E-state index in [1.165, 1.54) is 10.8 Å². The summed E-state index contributed by atoms with van der Waals surface area (Å²) in [5, 5.41) is 3.58. The Hall–Kier alpha value is -1.52. The van der Waals surface area contributed by atoms with Crippen LogP contribution in [-0.4, -0.2) is 14.7 Å². The molecular formula is C7H9N3O2. The summed E-state index contributed by atoms with van der Waals surface area (Å²) < 4.78 is 6.44. The van der Waals surface area contributed by atoms with E-state index in [4.69, 9.17) is 4.52 Å². The highest BCUT2D eigenvalue weighted by molar-refractivity contribution is 5.67. The number of H-pyrrole nitrogens is 1. The van der Waals surface area contributed by atoms with Crippen LogP contribution in [0, 0.1) is 0 Å². The standard InChI is InChI=1S/C7H9N3O2/c1-4(2)10-6-5(3-8-12-6)9-7(10)11/h3-4H,1-2H3,(H,9,11). The molecule has 2 rings (SSSR count). The van der Waals surface area contributed by atoms with E-state index in [1.54, 1.807) is 0 Å². The molecule has 0 radical (unpaired) electrons. The predicted octanol–water partition coefficient (Wildman–Crippen LogP) is 0.898. The van der Waals surface area contributed by atoms with Gasteiger partial charge in [0.25, 0.3) is 5.71 Å². The number of imidazole rings is 1. The fraction of sp³-hybridized carbons (Fsp3) is 0.429. The average molecular weight is 167 g/mol. The number of hydrogen-bond donors (Lipinski definition) is 1. The van der Waals surface area contributed by atoms with Gasteiger partial charge in [-0.1, -0.05) is 5.16 Å². The molecule has 64 valence electrons. The Balaban J connectivity index is 2.85. The summed E-state index contributed by atoms with van der Waals surface area (Å²) in [5.41, 5.74) is 1.00. The molecule has 12 heavy (non-hydrogen) atoms. The van der Waals surface area contributed by atoms with Crippen molar-refractivity contribution in [1.82, 2.24) is 14.7 Å². The summed E-state index contributed by atoms with van der Waals surface area (Å²) in [4.78, 5) is 13.9. The molecule has 0 aliphatic rings. The Morgan fingerprint density at radius 3 is 3.08 bits per heavy atom. The molecule has 2 aromatic heterocycles. The zero-order valence-corrected chi connectivity index (χ0v) is 6.87. The van der Waals surface area contributed by atoms with Crippen molar-refractivity contribution in [1.29, 1.82) is 0 Å². The summed E-state index contributed by atoms with van der Waals surface area (Å²) in [6.45, 7) is 3.83. The van der Waals surface area contributed by atoms with Gasteiger partial charge < -0.3 is 9.51 Å². The molecular weight excluding hydrogens is 158 g/mol. The topological polar surface area (TPSA) is 63.8 Å². The maximum absolute atomic E-state index is 11.3. The van der Waals surface area contributed by atoms with Crippen LogP contribution in [0.15, 0.2) is 15.5 Å². The summed E-state index contributed by atoms with van der Waals surface area (Å²) in [7, 11) is 0. The van der Waals surface area contributed by atoms with Crippen LogP contribution in [0.1, 0.15) is 19.9 Å². The first-order chi connectivity index (χ1) is 5.70. The van der Waals surface area contributed by atoms with Gasteiger partial charge in [-0.2, -0.15) is 0 Å². The van der Waals surface area contributed by atoms with Crippen molar-refractivity contribution in [2.75, 3.05) is 0 Å². The van der Waals surface area contributed by atoms with Gasteiger partial charge in [0.2, 0.25) is 0 Å². The van der Waals surface area contributed by atoms with E-state index < -0.39 is 0 Å². The lowest BCUT2D eigenvalue weighted by Crippen LogP contribution is -2.18. The Kier molecular flexibility index (Phi) is 1.33. The lowest BCUT2D eigenvalue weighted by molar-refractivity contribution is 0.420. The first-order valence-electron chi connectivity index (χ1n) is 3.75. The minimum absolute atomic E-state index is 0.0826. The number of nitrogens with zero attached hydrogens (tertiary/aromatic N) is 2. The smallest absolute Gasteiger partial charge is 0.329 e. The fourth-order valence-corrected chi connectivity index (χ4v) is 1.23. The van der Waals surface area contributed by atoms with Crippen molar-refractivity contribution in [3.8, 4) is 0 Å². The summed E-state index contributed by atoms with van der Waals surface area (Å²) >= 11 is 0. The van der Waals surface area contributed by atoms with Gasteiger partial charge in [-0.3, -0.25) is 4.57 Å². The number of aromatic amines is 1. The molecule has 0 atom stereocenters. The Morgan fingerprint density at radius 1 is 1.67 bits per heavy atom. The van der Waals surface area contributed by atoms with E-state index in [2.05, 4.69) is 10.1 Å². The first-order valence-corrected chi connectivity index (χ1v) is 3.75. The quantitative estimate of drug-likeness (QED) is 0.686. The van der Waals surface area contributed by atoms with Crippen LogP contribution >= 0.6 is 0 Å². The Bertz CT molecular complexity index is 448. The second-order valence-electron chi connectivity index (χ2n) is 2.94. The molecule has 2 aromatic rings. The summed E-state index contributed by atoms with van der Waals surface area (Å²) in [5.74, 6) is 0. The van der Waals surface area contributed by atoms with Crippen LogP contribution in [0.25, 0.3) is 11.2 Å². The van der Waals surface area contributed by atoms with Gasteiger partial charge in [0.05, 0.1) is 6.20 Å². The Labute approximate surface area is 68.0 Å². The van der Waals surface area contributed by atoms with Crippen molar-refractivity contribution >= 4 is 11.2 Å². The number of rotatable bonds is 1. The van der Waals surface area contributed by atoms with Gasteiger partial charge >= 0.3 is 5.69 Å². The van der Waals surface area contributed by atoms with Crippen LogP contribution in [-0.2, 0) is 0 Å². The molecule has 0 saturated carbocycles. The van der Waals surface area contributed by atoms with Gasteiger partial charge in [0.15, 0.2) is 0 Å². The third-order valence-corrected chi connectivity index (χ3v) is 1.75. The number of aromatic nitrogens is 3. The lowest BCUT2D eigenvalue weighted by atomic mass is 10.4. The minimum atomic E-state index is -0.152. The lowest BCUT2D eigenvalue weighted by Gasteiger charge is -2.02. The van der Waals surface area contributed by atoms with Gasteiger partial charge in [0, 0.05) is 6.04 Å². The van der Waals surface area contributed by atoms with E-state index in [9.17, 15) is 4.79 Å². The summed E-state index contributed by atoms with van der Waals surface area (Å²) in [6, 6.07) is 0.0826. The highest BCUT2D eigenvalue weighted by atomic mass is 16.5. The molecule has 5 heteroatoms. The van der Waals surface area contributed by atoms with E-state index in [0.717, 1.165) is 0 Å². The number of hydrogen-bond acceptors (Lipinski definition) is 3. The number of nitrogens with one attached hydrogen (secondary N) is 1. The van der Waals surface area contributed by atoms with Gasteiger partial charge in [-0.05, 0) is 13.8 Å². The van der Waals surface area contributed by atoms with Crippen molar-refractivity contribution in [2.24, 2.45) is 0 Å². The molecule has 0 aromatic carbocycles. The van der Waals surface area contributed by atoms with Crippen LogP contribution in [0.3, 0.4) is 0 Å². The number of fused-ring (bicyclic) bond motifs is 1.